The Morgan fingerprint density at radius 3 is 2.80 bits per heavy atom. The molecular weight excluding hydrogens is 128 g/mol. The number of carbonyl (C=O) groups is 1. The Hall–Kier alpha value is -0.570. The lowest BCUT2D eigenvalue weighted by Gasteiger charge is -1.98. The number of amides is 1. The van der Waals surface area contributed by atoms with E-state index < -0.39 is 0 Å². The van der Waals surface area contributed by atoms with E-state index in [4.69, 9.17) is 5.73 Å². The van der Waals surface area contributed by atoms with Gasteiger partial charge < -0.3 is 11.1 Å². The second kappa shape index (κ2) is 3.01. The molecule has 3 nitrogen and oxygen atoms in total. The summed E-state index contributed by atoms with van der Waals surface area (Å²) in [6.45, 7) is 2.94. The molecule has 2 unspecified atom stereocenters. The first-order valence-corrected chi connectivity index (χ1v) is 3.72. The molecule has 0 aliphatic heterocycles. The molecule has 1 rings (SSSR count). The summed E-state index contributed by atoms with van der Waals surface area (Å²) in [5, 5.41) is 3.24. The highest BCUT2D eigenvalue weighted by Gasteiger charge is 2.31. The van der Waals surface area contributed by atoms with Gasteiger partial charge in [0.05, 0.1) is 0 Å². The van der Waals surface area contributed by atoms with Crippen molar-refractivity contribution in [1.82, 2.24) is 5.32 Å². The van der Waals surface area contributed by atoms with Gasteiger partial charge in [0.2, 0.25) is 5.91 Å². The summed E-state index contributed by atoms with van der Waals surface area (Å²) < 4.78 is 0. The molecule has 3 N–H and O–H groups in total. The Morgan fingerprint density at radius 2 is 2.40 bits per heavy atom. The quantitative estimate of drug-likeness (QED) is 0.574. The molecule has 3 heteroatoms. The van der Waals surface area contributed by atoms with Crippen molar-refractivity contribution in [1.29, 1.82) is 0 Å². The lowest BCUT2D eigenvalue weighted by Crippen LogP contribution is -2.24. The summed E-state index contributed by atoms with van der Waals surface area (Å²) in [5.41, 5.74) is 4.95. The summed E-state index contributed by atoms with van der Waals surface area (Å²) in [7, 11) is 0. The Kier molecular flexibility index (Phi) is 2.27. The molecule has 1 fully saturated rings. The maximum absolute atomic E-state index is 10.3. The molecule has 1 aliphatic carbocycles. The van der Waals surface area contributed by atoms with Crippen LogP contribution in [-0.4, -0.2) is 18.5 Å². The van der Waals surface area contributed by atoms with Crippen LogP contribution in [0, 0.1) is 5.92 Å². The SMILES string of the molecule is CC1CC1NCCC(N)=O. The van der Waals surface area contributed by atoms with Crippen LogP contribution in [0.2, 0.25) is 0 Å². The molecule has 0 bridgehead atoms. The fraction of sp³-hybridized carbons (Fsp3) is 0.857. The molecule has 10 heavy (non-hydrogen) atoms. The molecule has 2 atom stereocenters. The third kappa shape index (κ3) is 2.35. The largest absolute Gasteiger partial charge is 0.370 e. The number of carbonyl (C=O) groups excluding carboxylic acids is 1. The number of hydrogen-bond acceptors (Lipinski definition) is 2. The average Bonchev–Trinajstić information content (AvgIpc) is 2.46. The molecule has 0 aromatic rings. The molecule has 0 saturated heterocycles. The number of nitrogens with two attached hydrogens (primary N) is 1. The van der Waals surface area contributed by atoms with Crippen molar-refractivity contribution in [2.45, 2.75) is 25.8 Å². The van der Waals surface area contributed by atoms with Crippen molar-refractivity contribution in [2.24, 2.45) is 11.7 Å². The van der Waals surface area contributed by atoms with Gasteiger partial charge in [0, 0.05) is 19.0 Å². The van der Waals surface area contributed by atoms with Gasteiger partial charge >= 0.3 is 0 Å². The van der Waals surface area contributed by atoms with Gasteiger partial charge in [-0.3, -0.25) is 4.79 Å². The minimum Gasteiger partial charge on any atom is -0.370 e. The third-order valence-electron chi connectivity index (χ3n) is 1.89. The number of primary amides is 1. The molecule has 0 aromatic carbocycles. The van der Waals surface area contributed by atoms with Crippen LogP contribution in [0.5, 0.6) is 0 Å². The van der Waals surface area contributed by atoms with Gasteiger partial charge in [-0.05, 0) is 12.3 Å². The molecule has 58 valence electrons. The molecule has 0 aromatic heterocycles. The maximum Gasteiger partial charge on any atom is 0.218 e. The standard InChI is InChI=1S/C7H14N2O/c1-5-4-6(5)9-3-2-7(8)10/h5-6,9H,2-4H2,1H3,(H2,8,10). The van der Waals surface area contributed by atoms with Crippen molar-refractivity contribution < 1.29 is 4.79 Å². The zero-order valence-corrected chi connectivity index (χ0v) is 6.26. The third-order valence-corrected chi connectivity index (χ3v) is 1.89. The minimum atomic E-state index is -0.221. The number of rotatable bonds is 4. The van der Waals surface area contributed by atoms with Gasteiger partial charge in [0.15, 0.2) is 0 Å². The maximum atomic E-state index is 10.3. The fourth-order valence-corrected chi connectivity index (χ4v) is 0.987. The van der Waals surface area contributed by atoms with Crippen molar-refractivity contribution in [3.8, 4) is 0 Å². The first-order valence-electron chi connectivity index (χ1n) is 3.72. The Bertz CT molecular complexity index is 136. The van der Waals surface area contributed by atoms with Crippen molar-refractivity contribution in [2.75, 3.05) is 6.54 Å². The predicted octanol–water partition coefficient (Wildman–Crippen LogP) is -0.140. The molecule has 0 radical (unpaired) electrons. The van der Waals surface area contributed by atoms with Crippen molar-refractivity contribution >= 4 is 5.91 Å². The van der Waals surface area contributed by atoms with Crippen LogP contribution < -0.4 is 11.1 Å². The predicted molar refractivity (Wildman–Crippen MR) is 39.4 cm³/mol. The van der Waals surface area contributed by atoms with Crippen LogP contribution in [0.1, 0.15) is 19.8 Å². The number of hydrogen-bond donors (Lipinski definition) is 2. The van der Waals surface area contributed by atoms with E-state index in [1.807, 2.05) is 0 Å². The molecule has 0 spiro atoms. The molecular formula is C7H14N2O. The van der Waals surface area contributed by atoms with Gasteiger partial charge in [0.25, 0.3) is 0 Å². The summed E-state index contributed by atoms with van der Waals surface area (Å²) >= 11 is 0. The molecule has 1 saturated carbocycles. The van der Waals surface area contributed by atoms with Gasteiger partial charge in [-0.25, -0.2) is 0 Å². The van der Waals surface area contributed by atoms with E-state index in [9.17, 15) is 4.79 Å². The smallest absolute Gasteiger partial charge is 0.218 e. The Labute approximate surface area is 61.0 Å². The Morgan fingerprint density at radius 1 is 1.80 bits per heavy atom. The highest BCUT2D eigenvalue weighted by atomic mass is 16.1. The van der Waals surface area contributed by atoms with Crippen LogP contribution in [0.3, 0.4) is 0 Å². The van der Waals surface area contributed by atoms with Gasteiger partial charge in [-0.15, -0.1) is 0 Å². The molecule has 1 aliphatic rings. The summed E-state index contributed by atoms with van der Waals surface area (Å²) in [6, 6.07) is 0.652. The van der Waals surface area contributed by atoms with Crippen LogP contribution in [0.4, 0.5) is 0 Å². The van der Waals surface area contributed by atoms with E-state index in [-0.39, 0.29) is 5.91 Å². The number of nitrogens with one attached hydrogen (secondary N) is 1. The van der Waals surface area contributed by atoms with E-state index >= 15 is 0 Å². The molecule has 1 amide bonds. The monoisotopic (exact) mass is 142 g/mol. The zero-order valence-electron chi connectivity index (χ0n) is 6.26. The van der Waals surface area contributed by atoms with Crippen LogP contribution >= 0.6 is 0 Å². The van der Waals surface area contributed by atoms with Gasteiger partial charge in [-0.2, -0.15) is 0 Å². The lowest BCUT2D eigenvalue weighted by molar-refractivity contribution is -0.117. The van der Waals surface area contributed by atoms with Crippen LogP contribution in [0.25, 0.3) is 0 Å². The van der Waals surface area contributed by atoms with Crippen LogP contribution in [-0.2, 0) is 4.79 Å². The van der Waals surface area contributed by atoms with E-state index in [1.54, 1.807) is 0 Å². The molecule has 0 heterocycles. The zero-order chi connectivity index (χ0) is 7.56. The fourth-order valence-electron chi connectivity index (χ4n) is 0.987. The first-order chi connectivity index (χ1) is 4.70. The van der Waals surface area contributed by atoms with Crippen molar-refractivity contribution in [3.05, 3.63) is 0 Å². The van der Waals surface area contributed by atoms with E-state index in [1.165, 1.54) is 6.42 Å². The highest BCUT2D eigenvalue weighted by molar-refractivity contribution is 5.73. The van der Waals surface area contributed by atoms with Gasteiger partial charge in [-0.1, -0.05) is 6.92 Å². The van der Waals surface area contributed by atoms with Crippen LogP contribution in [0.15, 0.2) is 0 Å². The van der Waals surface area contributed by atoms with Gasteiger partial charge in [0.1, 0.15) is 0 Å². The lowest BCUT2D eigenvalue weighted by atomic mass is 10.4. The summed E-state index contributed by atoms with van der Waals surface area (Å²) in [4.78, 5) is 10.3. The average molecular weight is 142 g/mol. The highest BCUT2D eigenvalue weighted by Crippen LogP contribution is 2.28. The van der Waals surface area contributed by atoms with E-state index in [0.717, 1.165) is 12.5 Å². The normalized spacial score (nSPS) is 30.1. The first kappa shape index (κ1) is 7.54. The second-order valence-corrected chi connectivity index (χ2v) is 2.99. The van der Waals surface area contributed by atoms with E-state index in [0.29, 0.717) is 12.5 Å². The topological polar surface area (TPSA) is 55.1 Å². The summed E-state index contributed by atoms with van der Waals surface area (Å²) in [6.07, 6.45) is 1.71. The van der Waals surface area contributed by atoms with Crippen molar-refractivity contribution in [3.63, 3.8) is 0 Å². The second-order valence-electron chi connectivity index (χ2n) is 2.99. The minimum absolute atomic E-state index is 0.221. The summed E-state index contributed by atoms with van der Waals surface area (Å²) in [5.74, 6) is 0.577. The Balaban J connectivity index is 1.91. The van der Waals surface area contributed by atoms with E-state index in [2.05, 4.69) is 12.2 Å².